The highest BCUT2D eigenvalue weighted by Crippen LogP contribution is 2.31. The molecular formula is C24H34Cl2N4O. The first-order valence-electron chi connectivity index (χ1n) is 10.7. The van der Waals surface area contributed by atoms with Crippen molar-refractivity contribution in [2.75, 3.05) is 52.4 Å². The van der Waals surface area contributed by atoms with Crippen LogP contribution in [-0.2, 0) is 11.3 Å². The molecule has 0 aliphatic carbocycles. The predicted octanol–water partition coefficient (Wildman–Crippen LogP) is 2.85. The normalized spacial score (nSPS) is 21.9. The molecule has 7 heteroatoms. The van der Waals surface area contributed by atoms with Crippen LogP contribution in [0.2, 0.25) is 0 Å². The van der Waals surface area contributed by atoms with Gasteiger partial charge in [-0.25, -0.2) is 0 Å². The number of nitrogens with zero attached hydrogens (tertiary/aromatic N) is 3. The van der Waals surface area contributed by atoms with Crippen LogP contribution in [0.4, 0.5) is 0 Å². The van der Waals surface area contributed by atoms with E-state index in [9.17, 15) is 4.79 Å². The van der Waals surface area contributed by atoms with Crippen molar-refractivity contribution in [2.45, 2.75) is 12.5 Å². The Bertz CT molecular complexity index is 785. The van der Waals surface area contributed by atoms with Crippen LogP contribution in [0, 0.1) is 5.92 Å². The summed E-state index contributed by atoms with van der Waals surface area (Å²) >= 11 is 0. The molecule has 0 unspecified atom stereocenters. The Morgan fingerprint density at radius 3 is 2.06 bits per heavy atom. The van der Waals surface area contributed by atoms with Gasteiger partial charge in [0.05, 0.1) is 6.54 Å². The average molecular weight is 465 g/mol. The summed E-state index contributed by atoms with van der Waals surface area (Å²) in [5.74, 6) is 1.11. The minimum absolute atomic E-state index is 0. The van der Waals surface area contributed by atoms with Crippen LogP contribution in [0.5, 0.6) is 0 Å². The largest absolute Gasteiger partial charge is 0.339 e. The molecule has 4 rings (SSSR count). The number of rotatable bonds is 6. The first-order valence-corrected chi connectivity index (χ1v) is 10.7. The zero-order chi connectivity index (χ0) is 20.1. The van der Waals surface area contributed by atoms with Gasteiger partial charge in [0.25, 0.3) is 0 Å². The number of carbonyl (C=O) groups is 1. The van der Waals surface area contributed by atoms with Gasteiger partial charge in [-0.2, -0.15) is 0 Å². The van der Waals surface area contributed by atoms with Crippen molar-refractivity contribution in [3.8, 4) is 0 Å². The summed E-state index contributed by atoms with van der Waals surface area (Å²) in [5, 5.41) is 0. The van der Waals surface area contributed by atoms with Crippen molar-refractivity contribution in [3.05, 3.63) is 71.8 Å². The third kappa shape index (κ3) is 6.67. The number of halogens is 2. The number of carbonyl (C=O) groups excluding carboxylic acids is 1. The predicted molar refractivity (Wildman–Crippen MR) is 131 cm³/mol. The Labute approximate surface area is 198 Å². The molecule has 2 aromatic carbocycles. The fraction of sp³-hybridized carbons (Fsp3) is 0.458. The van der Waals surface area contributed by atoms with Crippen LogP contribution in [-0.4, -0.2) is 73.0 Å². The van der Waals surface area contributed by atoms with E-state index in [4.69, 9.17) is 5.73 Å². The van der Waals surface area contributed by atoms with Gasteiger partial charge in [-0.15, -0.1) is 24.8 Å². The van der Waals surface area contributed by atoms with Crippen LogP contribution in [0.1, 0.15) is 17.0 Å². The molecule has 0 bridgehead atoms. The number of amides is 1. The van der Waals surface area contributed by atoms with Gasteiger partial charge in [0.1, 0.15) is 0 Å². The van der Waals surface area contributed by atoms with Gasteiger partial charge < -0.3 is 10.6 Å². The minimum atomic E-state index is 0. The number of piperazine rings is 1. The van der Waals surface area contributed by atoms with Crippen molar-refractivity contribution in [1.82, 2.24) is 14.7 Å². The van der Waals surface area contributed by atoms with Crippen LogP contribution < -0.4 is 5.73 Å². The lowest BCUT2D eigenvalue weighted by molar-refractivity contribution is -0.134. The summed E-state index contributed by atoms with van der Waals surface area (Å²) in [4.78, 5) is 19.7. The molecule has 2 N–H and O–H groups in total. The number of nitrogens with two attached hydrogens (primary N) is 1. The highest BCUT2D eigenvalue weighted by molar-refractivity contribution is 5.85. The van der Waals surface area contributed by atoms with Crippen LogP contribution in [0.15, 0.2) is 60.7 Å². The molecule has 2 aliphatic rings. The van der Waals surface area contributed by atoms with Crippen molar-refractivity contribution >= 4 is 30.7 Å². The second-order valence-corrected chi connectivity index (χ2v) is 8.35. The van der Waals surface area contributed by atoms with Crippen LogP contribution >= 0.6 is 24.8 Å². The number of benzene rings is 2. The third-order valence-corrected chi connectivity index (χ3v) is 6.38. The number of hydrogen-bond acceptors (Lipinski definition) is 4. The highest BCUT2D eigenvalue weighted by atomic mass is 35.5. The average Bonchev–Trinajstić information content (AvgIpc) is 3.18. The maximum absolute atomic E-state index is 12.9. The third-order valence-electron chi connectivity index (χ3n) is 6.38. The molecule has 1 amide bonds. The summed E-state index contributed by atoms with van der Waals surface area (Å²) in [6.07, 6.45) is 0. The maximum Gasteiger partial charge on any atom is 0.236 e. The first-order chi connectivity index (χ1) is 14.2. The molecule has 0 aromatic heterocycles. The Morgan fingerprint density at radius 1 is 0.839 bits per heavy atom. The van der Waals surface area contributed by atoms with E-state index in [1.165, 1.54) is 11.1 Å². The molecule has 2 saturated heterocycles. The topological polar surface area (TPSA) is 52.8 Å². The SMILES string of the molecule is Cl.Cl.NC[C@@H]1CN(CC(=O)N2CCN(Cc3ccccc3)CC2)C[C@H]1c1ccccc1. The summed E-state index contributed by atoms with van der Waals surface area (Å²) in [6.45, 7) is 7.51. The fourth-order valence-electron chi connectivity index (χ4n) is 4.69. The number of hydrogen-bond donors (Lipinski definition) is 1. The van der Waals surface area contributed by atoms with Gasteiger partial charge in [0.15, 0.2) is 0 Å². The van der Waals surface area contributed by atoms with E-state index < -0.39 is 0 Å². The van der Waals surface area contributed by atoms with E-state index in [-0.39, 0.29) is 30.7 Å². The zero-order valence-electron chi connectivity index (χ0n) is 17.9. The Hall–Kier alpha value is -1.63. The monoisotopic (exact) mass is 464 g/mol. The molecular weight excluding hydrogens is 431 g/mol. The standard InChI is InChI=1S/C24H32N4O.2ClH/c25-15-22-17-27(18-23(22)21-9-5-2-6-10-21)19-24(29)28-13-11-26(12-14-28)16-20-7-3-1-4-8-20;;/h1-10,22-23H,11-19,25H2;2*1H/t22-,23+;;/m1../s1. The van der Waals surface area contributed by atoms with E-state index in [2.05, 4.69) is 70.5 Å². The molecule has 0 radical (unpaired) electrons. The smallest absolute Gasteiger partial charge is 0.236 e. The summed E-state index contributed by atoms with van der Waals surface area (Å²) in [6, 6.07) is 21.2. The quantitative estimate of drug-likeness (QED) is 0.713. The molecule has 0 spiro atoms. The summed E-state index contributed by atoms with van der Waals surface area (Å²) in [5.41, 5.74) is 8.73. The minimum Gasteiger partial charge on any atom is -0.339 e. The molecule has 170 valence electrons. The van der Waals surface area contributed by atoms with Crippen molar-refractivity contribution in [2.24, 2.45) is 11.7 Å². The second-order valence-electron chi connectivity index (χ2n) is 8.35. The Kier molecular flexibility index (Phi) is 10.3. The first kappa shape index (κ1) is 25.6. The number of likely N-dealkylation sites (tertiary alicyclic amines) is 1. The molecule has 2 aromatic rings. The van der Waals surface area contributed by atoms with Crippen LogP contribution in [0.25, 0.3) is 0 Å². The molecule has 2 heterocycles. The molecule has 0 saturated carbocycles. The molecule has 2 fully saturated rings. The van der Waals surface area contributed by atoms with Gasteiger partial charge in [-0.1, -0.05) is 60.7 Å². The maximum atomic E-state index is 12.9. The van der Waals surface area contributed by atoms with Crippen molar-refractivity contribution < 1.29 is 4.79 Å². The van der Waals surface area contributed by atoms with Gasteiger partial charge >= 0.3 is 0 Å². The zero-order valence-corrected chi connectivity index (χ0v) is 19.6. The van der Waals surface area contributed by atoms with E-state index in [1.807, 2.05) is 4.90 Å². The van der Waals surface area contributed by atoms with Gasteiger partial charge in [0.2, 0.25) is 5.91 Å². The summed E-state index contributed by atoms with van der Waals surface area (Å²) < 4.78 is 0. The second kappa shape index (κ2) is 12.4. The molecule has 2 atom stereocenters. The van der Waals surface area contributed by atoms with Crippen molar-refractivity contribution in [3.63, 3.8) is 0 Å². The highest BCUT2D eigenvalue weighted by Gasteiger charge is 2.34. The van der Waals surface area contributed by atoms with Crippen molar-refractivity contribution in [1.29, 1.82) is 0 Å². The van der Waals surface area contributed by atoms with Gasteiger partial charge in [-0.05, 0) is 23.6 Å². The Balaban J connectivity index is 0.00000171. The summed E-state index contributed by atoms with van der Waals surface area (Å²) in [7, 11) is 0. The molecule has 2 aliphatic heterocycles. The fourth-order valence-corrected chi connectivity index (χ4v) is 4.69. The van der Waals surface area contributed by atoms with E-state index in [1.54, 1.807) is 0 Å². The Morgan fingerprint density at radius 2 is 1.45 bits per heavy atom. The lowest BCUT2D eigenvalue weighted by Crippen LogP contribution is -2.50. The molecule has 5 nitrogen and oxygen atoms in total. The van der Waals surface area contributed by atoms with E-state index >= 15 is 0 Å². The van der Waals surface area contributed by atoms with E-state index in [0.29, 0.717) is 24.9 Å². The van der Waals surface area contributed by atoms with Gasteiger partial charge in [-0.3, -0.25) is 14.6 Å². The molecule has 31 heavy (non-hydrogen) atoms. The lowest BCUT2D eigenvalue weighted by Gasteiger charge is -2.35. The van der Waals surface area contributed by atoms with Gasteiger partial charge in [0, 0.05) is 51.7 Å². The lowest BCUT2D eigenvalue weighted by atomic mass is 9.89. The van der Waals surface area contributed by atoms with E-state index in [0.717, 1.165) is 45.8 Å². The van der Waals surface area contributed by atoms with Crippen LogP contribution in [0.3, 0.4) is 0 Å².